The average Bonchev–Trinajstić information content (AvgIpc) is 3.15. The first-order chi connectivity index (χ1) is 10.2. The van der Waals surface area contributed by atoms with E-state index in [0.29, 0.717) is 23.6 Å². The van der Waals surface area contributed by atoms with Gasteiger partial charge in [0.15, 0.2) is 0 Å². The predicted octanol–water partition coefficient (Wildman–Crippen LogP) is 2.06. The van der Waals surface area contributed by atoms with E-state index in [2.05, 4.69) is 15.0 Å². The number of rotatable bonds is 3. The molecule has 6 nitrogen and oxygen atoms in total. The molecule has 0 aliphatic carbocycles. The van der Waals surface area contributed by atoms with E-state index in [1.807, 2.05) is 0 Å². The number of likely N-dealkylation sites (tertiary alicyclic amines) is 1. The van der Waals surface area contributed by atoms with Gasteiger partial charge in [0.05, 0.1) is 22.7 Å². The van der Waals surface area contributed by atoms with Crippen molar-refractivity contribution in [3.05, 3.63) is 47.3 Å². The van der Waals surface area contributed by atoms with Crippen LogP contribution in [-0.4, -0.2) is 45.5 Å². The van der Waals surface area contributed by atoms with E-state index in [1.165, 1.54) is 6.20 Å². The monoisotopic (exact) mass is 306 g/mol. The summed E-state index contributed by atoms with van der Waals surface area (Å²) in [4.78, 5) is 25.7. The number of aromatic nitrogens is 3. The Labute approximate surface area is 127 Å². The highest BCUT2D eigenvalue weighted by atomic mass is 35.5. The van der Waals surface area contributed by atoms with Crippen molar-refractivity contribution < 1.29 is 9.53 Å². The lowest BCUT2D eigenvalue weighted by Gasteiger charge is -2.23. The first-order valence-corrected chi connectivity index (χ1v) is 7.01. The Morgan fingerprint density at radius 1 is 1.52 bits per heavy atom. The van der Waals surface area contributed by atoms with Crippen molar-refractivity contribution in [2.75, 3.05) is 13.7 Å². The fourth-order valence-corrected chi connectivity index (χ4v) is 2.82. The van der Waals surface area contributed by atoms with Crippen molar-refractivity contribution in [1.29, 1.82) is 0 Å². The Kier molecular flexibility index (Phi) is 3.90. The van der Waals surface area contributed by atoms with Crippen molar-refractivity contribution in [3.63, 3.8) is 0 Å². The quantitative estimate of drug-likeness (QED) is 0.942. The molecule has 3 heterocycles. The number of hydrogen-bond donors (Lipinski definition) is 1. The molecular formula is C14H15ClN4O2. The van der Waals surface area contributed by atoms with Crippen LogP contribution in [0.3, 0.4) is 0 Å². The lowest BCUT2D eigenvalue weighted by molar-refractivity contribution is 0.0684. The molecule has 1 fully saturated rings. The summed E-state index contributed by atoms with van der Waals surface area (Å²) < 4.78 is 5.41. The van der Waals surface area contributed by atoms with Crippen molar-refractivity contribution in [3.8, 4) is 0 Å². The number of aromatic amines is 1. The fourth-order valence-electron chi connectivity index (χ4n) is 2.61. The molecule has 21 heavy (non-hydrogen) atoms. The van der Waals surface area contributed by atoms with Gasteiger partial charge in [0.1, 0.15) is 5.82 Å². The fraction of sp³-hybridized carbons (Fsp3) is 0.357. The molecule has 1 saturated heterocycles. The van der Waals surface area contributed by atoms with E-state index in [4.69, 9.17) is 16.3 Å². The third kappa shape index (κ3) is 2.64. The van der Waals surface area contributed by atoms with Gasteiger partial charge in [-0.3, -0.25) is 9.78 Å². The van der Waals surface area contributed by atoms with Crippen molar-refractivity contribution in [2.45, 2.75) is 18.6 Å². The van der Waals surface area contributed by atoms with Gasteiger partial charge >= 0.3 is 0 Å². The molecular weight excluding hydrogens is 292 g/mol. The second-order valence-electron chi connectivity index (χ2n) is 4.90. The normalized spacial score (nSPS) is 21.7. The molecule has 1 N–H and O–H groups in total. The Hall–Kier alpha value is -1.92. The highest BCUT2D eigenvalue weighted by molar-refractivity contribution is 6.33. The van der Waals surface area contributed by atoms with Crippen LogP contribution in [0.5, 0.6) is 0 Å². The maximum atomic E-state index is 12.8. The molecule has 2 aromatic rings. The van der Waals surface area contributed by atoms with E-state index in [0.717, 1.165) is 5.82 Å². The van der Waals surface area contributed by atoms with Crippen LogP contribution in [0, 0.1) is 0 Å². The molecule has 2 aromatic heterocycles. The minimum atomic E-state index is -0.137. The van der Waals surface area contributed by atoms with Crippen LogP contribution in [0.4, 0.5) is 0 Å². The number of amides is 1. The molecule has 1 aliphatic heterocycles. The zero-order valence-corrected chi connectivity index (χ0v) is 12.2. The number of halogens is 1. The van der Waals surface area contributed by atoms with Gasteiger partial charge in [-0.25, -0.2) is 4.98 Å². The molecule has 0 spiro atoms. The largest absolute Gasteiger partial charge is 0.380 e. The Balaban J connectivity index is 1.91. The lowest BCUT2D eigenvalue weighted by Crippen LogP contribution is -2.32. The highest BCUT2D eigenvalue weighted by Crippen LogP contribution is 2.33. The Bertz CT molecular complexity index is 632. The van der Waals surface area contributed by atoms with Gasteiger partial charge in [0.2, 0.25) is 0 Å². The molecule has 0 radical (unpaired) electrons. The molecule has 1 aliphatic rings. The Morgan fingerprint density at radius 3 is 3.05 bits per heavy atom. The van der Waals surface area contributed by atoms with Gasteiger partial charge in [-0.15, -0.1) is 0 Å². The van der Waals surface area contributed by atoms with E-state index >= 15 is 0 Å². The number of carbonyl (C=O) groups excluding carboxylic acids is 1. The van der Waals surface area contributed by atoms with Crippen LogP contribution in [0.25, 0.3) is 0 Å². The first kappa shape index (κ1) is 14.0. The van der Waals surface area contributed by atoms with E-state index in [9.17, 15) is 4.79 Å². The minimum Gasteiger partial charge on any atom is -0.380 e. The number of H-pyrrole nitrogens is 1. The second-order valence-corrected chi connectivity index (χ2v) is 5.30. The van der Waals surface area contributed by atoms with Crippen LogP contribution in [0.1, 0.15) is 28.6 Å². The molecule has 1 amide bonds. The first-order valence-electron chi connectivity index (χ1n) is 6.63. The van der Waals surface area contributed by atoms with Crippen molar-refractivity contribution >= 4 is 17.5 Å². The van der Waals surface area contributed by atoms with Crippen molar-refractivity contribution in [1.82, 2.24) is 19.9 Å². The number of ether oxygens (including phenoxy) is 1. The molecule has 7 heteroatoms. The predicted molar refractivity (Wildman–Crippen MR) is 77.0 cm³/mol. The summed E-state index contributed by atoms with van der Waals surface area (Å²) in [5.74, 6) is 0.622. The molecule has 1 unspecified atom stereocenters. The molecule has 3 rings (SSSR count). The highest BCUT2D eigenvalue weighted by Gasteiger charge is 2.38. The van der Waals surface area contributed by atoms with Crippen LogP contribution in [0.2, 0.25) is 5.02 Å². The lowest BCUT2D eigenvalue weighted by atomic mass is 10.1. The summed E-state index contributed by atoms with van der Waals surface area (Å²) >= 11 is 6.08. The summed E-state index contributed by atoms with van der Waals surface area (Å²) in [7, 11) is 1.65. The average molecular weight is 307 g/mol. The number of nitrogens with one attached hydrogen (secondary N) is 1. The van der Waals surface area contributed by atoms with Crippen molar-refractivity contribution in [2.24, 2.45) is 0 Å². The second kappa shape index (κ2) is 5.83. The van der Waals surface area contributed by atoms with E-state index in [-0.39, 0.29) is 18.1 Å². The SMILES string of the molecule is CO[C@@H]1CC(c2ncc[nH]2)N(C(=O)c2ccncc2Cl)C1. The van der Waals surface area contributed by atoms with Crippen LogP contribution in [0.15, 0.2) is 30.9 Å². The zero-order valence-electron chi connectivity index (χ0n) is 11.5. The summed E-state index contributed by atoms with van der Waals surface area (Å²) in [5, 5.41) is 0.349. The maximum absolute atomic E-state index is 12.8. The number of pyridine rings is 1. The Morgan fingerprint density at radius 2 is 2.38 bits per heavy atom. The van der Waals surface area contributed by atoms with Crippen LogP contribution in [-0.2, 0) is 4.74 Å². The summed E-state index contributed by atoms with van der Waals surface area (Å²) in [6.45, 7) is 0.513. The number of methoxy groups -OCH3 is 1. The number of carbonyl (C=O) groups is 1. The number of nitrogens with zero attached hydrogens (tertiary/aromatic N) is 3. The number of hydrogen-bond acceptors (Lipinski definition) is 4. The van der Waals surface area contributed by atoms with Gasteiger partial charge in [0.25, 0.3) is 5.91 Å². The minimum absolute atomic E-state index is 0.00957. The smallest absolute Gasteiger partial charge is 0.256 e. The number of imidazole rings is 1. The topological polar surface area (TPSA) is 71.1 Å². The standard InChI is InChI=1S/C14H15ClN4O2/c1-21-9-6-12(13-17-4-5-18-13)19(8-9)14(20)10-2-3-16-7-11(10)15/h2-5,7,9,12H,6,8H2,1H3,(H,17,18)/t9-,12?/m1/s1. The third-order valence-electron chi connectivity index (χ3n) is 3.69. The van der Waals surface area contributed by atoms with Gasteiger partial charge in [0, 0.05) is 44.9 Å². The van der Waals surface area contributed by atoms with E-state index in [1.54, 1.807) is 36.7 Å². The third-order valence-corrected chi connectivity index (χ3v) is 4.00. The molecule has 110 valence electrons. The summed E-state index contributed by atoms with van der Waals surface area (Å²) in [6, 6.07) is 1.49. The molecule has 2 atom stereocenters. The summed E-state index contributed by atoms with van der Waals surface area (Å²) in [6.07, 6.45) is 7.16. The van der Waals surface area contributed by atoms with Gasteiger partial charge in [-0.1, -0.05) is 11.6 Å². The molecule has 0 bridgehead atoms. The van der Waals surface area contributed by atoms with Crippen LogP contribution >= 0.6 is 11.6 Å². The van der Waals surface area contributed by atoms with Gasteiger partial charge in [-0.05, 0) is 6.07 Å². The zero-order chi connectivity index (χ0) is 14.8. The van der Waals surface area contributed by atoms with Crippen LogP contribution < -0.4 is 0 Å². The maximum Gasteiger partial charge on any atom is 0.256 e. The molecule has 0 aromatic carbocycles. The van der Waals surface area contributed by atoms with Gasteiger partial charge in [-0.2, -0.15) is 0 Å². The summed E-state index contributed by atoms with van der Waals surface area (Å²) in [5.41, 5.74) is 0.444. The van der Waals surface area contributed by atoms with Gasteiger partial charge < -0.3 is 14.6 Å². The van der Waals surface area contributed by atoms with E-state index < -0.39 is 0 Å². The molecule has 0 saturated carbocycles.